The van der Waals surface area contributed by atoms with Crippen LogP contribution in [0, 0.1) is 0 Å². The SMILES string of the molecule is CCOc1nc(N)c2ncn(Cc3ccc(C4=CCN(C(=O)OC(C)(C)C)C4)cc3)c2n1. The van der Waals surface area contributed by atoms with E-state index in [1.807, 2.05) is 32.3 Å². The van der Waals surface area contributed by atoms with Crippen molar-refractivity contribution in [3.63, 3.8) is 0 Å². The van der Waals surface area contributed by atoms with Crippen molar-refractivity contribution in [3.05, 3.63) is 47.8 Å². The molecule has 3 aromatic rings. The third kappa shape index (κ3) is 4.66. The lowest BCUT2D eigenvalue weighted by molar-refractivity contribution is 0.0306. The summed E-state index contributed by atoms with van der Waals surface area (Å²) in [4.78, 5) is 26.9. The summed E-state index contributed by atoms with van der Waals surface area (Å²) >= 11 is 0. The van der Waals surface area contributed by atoms with Gasteiger partial charge in [-0.1, -0.05) is 30.3 Å². The van der Waals surface area contributed by atoms with Gasteiger partial charge in [0.25, 0.3) is 0 Å². The predicted octanol–water partition coefficient (Wildman–Crippen LogP) is 3.49. The van der Waals surface area contributed by atoms with E-state index in [1.54, 1.807) is 11.2 Å². The Morgan fingerprint density at radius 1 is 1.19 bits per heavy atom. The number of rotatable bonds is 5. The van der Waals surface area contributed by atoms with Crippen LogP contribution in [0.5, 0.6) is 6.01 Å². The molecule has 0 bridgehead atoms. The molecule has 1 aromatic carbocycles. The molecule has 0 fully saturated rings. The van der Waals surface area contributed by atoms with E-state index in [4.69, 9.17) is 15.2 Å². The molecule has 168 valence electrons. The number of benzene rings is 1. The summed E-state index contributed by atoms with van der Waals surface area (Å²) in [5, 5.41) is 0. The lowest BCUT2D eigenvalue weighted by Gasteiger charge is -2.24. The topological polar surface area (TPSA) is 108 Å². The number of fused-ring (bicyclic) bond motifs is 1. The Hall–Kier alpha value is -3.62. The summed E-state index contributed by atoms with van der Waals surface area (Å²) in [7, 11) is 0. The van der Waals surface area contributed by atoms with Crippen molar-refractivity contribution >= 4 is 28.6 Å². The number of carbonyl (C=O) groups excluding carboxylic acids is 1. The van der Waals surface area contributed by atoms with E-state index in [2.05, 4.69) is 45.3 Å². The van der Waals surface area contributed by atoms with Crippen molar-refractivity contribution in [2.24, 2.45) is 0 Å². The summed E-state index contributed by atoms with van der Waals surface area (Å²) in [5.74, 6) is 0.301. The van der Waals surface area contributed by atoms with Crippen LogP contribution >= 0.6 is 0 Å². The third-order valence-corrected chi connectivity index (χ3v) is 4.99. The Morgan fingerprint density at radius 3 is 2.62 bits per heavy atom. The van der Waals surface area contributed by atoms with Gasteiger partial charge in [0.05, 0.1) is 19.5 Å². The fraction of sp³-hybridized carbons (Fsp3) is 0.391. The van der Waals surface area contributed by atoms with Crippen LogP contribution < -0.4 is 10.5 Å². The molecule has 1 aliphatic heterocycles. The Labute approximate surface area is 186 Å². The van der Waals surface area contributed by atoms with Crippen LogP contribution in [0.15, 0.2) is 36.7 Å². The molecule has 1 aliphatic rings. The average Bonchev–Trinajstić information content (AvgIpc) is 3.36. The molecule has 1 amide bonds. The minimum Gasteiger partial charge on any atom is -0.464 e. The lowest BCUT2D eigenvalue weighted by atomic mass is 10.0. The maximum atomic E-state index is 12.3. The fourth-order valence-corrected chi connectivity index (χ4v) is 3.51. The van der Waals surface area contributed by atoms with E-state index in [1.165, 1.54) is 0 Å². The van der Waals surface area contributed by atoms with Crippen molar-refractivity contribution in [2.45, 2.75) is 39.8 Å². The number of nitrogen functional groups attached to an aromatic ring is 1. The molecule has 9 nitrogen and oxygen atoms in total. The Morgan fingerprint density at radius 2 is 1.94 bits per heavy atom. The highest BCUT2D eigenvalue weighted by Crippen LogP contribution is 2.24. The normalized spacial score (nSPS) is 14.0. The minimum absolute atomic E-state index is 0.248. The number of imidazole rings is 1. The molecule has 3 heterocycles. The molecule has 32 heavy (non-hydrogen) atoms. The number of amides is 1. The zero-order valence-corrected chi connectivity index (χ0v) is 18.8. The molecular weight excluding hydrogens is 408 g/mol. The first kappa shape index (κ1) is 21.6. The monoisotopic (exact) mass is 436 g/mol. The number of hydrogen-bond acceptors (Lipinski definition) is 7. The first-order valence-corrected chi connectivity index (χ1v) is 10.6. The summed E-state index contributed by atoms with van der Waals surface area (Å²) in [6, 6.07) is 8.50. The summed E-state index contributed by atoms with van der Waals surface area (Å²) in [5.41, 5.74) is 9.97. The van der Waals surface area contributed by atoms with Crippen LogP contribution in [-0.4, -0.2) is 55.8 Å². The number of nitrogens with zero attached hydrogens (tertiary/aromatic N) is 5. The van der Waals surface area contributed by atoms with E-state index < -0.39 is 5.60 Å². The first-order chi connectivity index (χ1) is 15.2. The Balaban J connectivity index is 1.45. The van der Waals surface area contributed by atoms with Gasteiger partial charge in [0.2, 0.25) is 0 Å². The number of hydrogen-bond donors (Lipinski definition) is 1. The summed E-state index contributed by atoms with van der Waals surface area (Å²) < 4.78 is 12.8. The van der Waals surface area contributed by atoms with E-state index in [0.29, 0.717) is 43.2 Å². The molecule has 0 saturated heterocycles. The van der Waals surface area contributed by atoms with Gasteiger partial charge < -0.3 is 24.7 Å². The maximum absolute atomic E-state index is 12.3. The molecule has 9 heteroatoms. The molecule has 0 atom stereocenters. The molecule has 2 N–H and O–H groups in total. The van der Waals surface area contributed by atoms with Crippen molar-refractivity contribution < 1.29 is 14.3 Å². The van der Waals surface area contributed by atoms with Crippen LogP contribution in [0.2, 0.25) is 0 Å². The molecule has 0 spiro atoms. The minimum atomic E-state index is -0.502. The van der Waals surface area contributed by atoms with Crippen molar-refractivity contribution in [1.29, 1.82) is 0 Å². The number of aromatic nitrogens is 4. The van der Waals surface area contributed by atoms with Gasteiger partial charge in [-0.05, 0) is 44.4 Å². The zero-order valence-electron chi connectivity index (χ0n) is 18.8. The smallest absolute Gasteiger partial charge is 0.410 e. The molecule has 0 saturated carbocycles. The number of nitrogens with two attached hydrogens (primary N) is 1. The molecule has 2 aromatic heterocycles. The fourth-order valence-electron chi connectivity index (χ4n) is 3.51. The quantitative estimate of drug-likeness (QED) is 0.652. The Bertz CT molecular complexity index is 1160. The number of carbonyl (C=O) groups is 1. The molecule has 0 aliphatic carbocycles. The standard InChI is InChI=1S/C23H28N6O3/c1-5-31-21-26-19(24)18-20(27-21)29(14-25-18)12-15-6-8-16(9-7-15)17-10-11-28(13-17)22(30)32-23(2,3)4/h6-10,14H,5,11-13H2,1-4H3,(H2,24,26,27). The van der Waals surface area contributed by atoms with E-state index in [-0.39, 0.29) is 12.1 Å². The summed E-state index contributed by atoms with van der Waals surface area (Å²) in [6.07, 6.45) is 3.48. The van der Waals surface area contributed by atoms with Gasteiger partial charge in [-0.25, -0.2) is 9.78 Å². The van der Waals surface area contributed by atoms with Gasteiger partial charge in [-0.2, -0.15) is 9.97 Å². The molecule has 0 unspecified atom stereocenters. The zero-order chi connectivity index (χ0) is 22.9. The van der Waals surface area contributed by atoms with Gasteiger partial charge in [-0.3, -0.25) is 0 Å². The van der Waals surface area contributed by atoms with Crippen molar-refractivity contribution in [2.75, 3.05) is 25.4 Å². The number of anilines is 1. The second-order valence-electron chi connectivity index (χ2n) is 8.66. The van der Waals surface area contributed by atoms with E-state index in [0.717, 1.165) is 16.7 Å². The van der Waals surface area contributed by atoms with Crippen LogP contribution in [0.25, 0.3) is 16.7 Å². The van der Waals surface area contributed by atoms with Crippen molar-refractivity contribution in [1.82, 2.24) is 24.4 Å². The number of ether oxygens (including phenoxy) is 2. The molecule has 0 radical (unpaired) electrons. The Kier molecular flexibility index (Phi) is 5.73. The van der Waals surface area contributed by atoms with Gasteiger partial charge >= 0.3 is 12.1 Å². The van der Waals surface area contributed by atoms with Crippen LogP contribution in [0.1, 0.15) is 38.8 Å². The highest BCUT2D eigenvalue weighted by molar-refractivity contribution is 5.82. The van der Waals surface area contributed by atoms with Crippen LogP contribution in [-0.2, 0) is 11.3 Å². The van der Waals surface area contributed by atoms with E-state index in [9.17, 15) is 4.79 Å². The second kappa shape index (κ2) is 8.49. The largest absolute Gasteiger partial charge is 0.464 e. The summed E-state index contributed by atoms with van der Waals surface area (Å²) in [6.45, 7) is 9.62. The van der Waals surface area contributed by atoms with Gasteiger partial charge in [0.1, 0.15) is 5.60 Å². The van der Waals surface area contributed by atoms with Crippen LogP contribution in [0.4, 0.5) is 10.6 Å². The van der Waals surface area contributed by atoms with Crippen molar-refractivity contribution in [3.8, 4) is 6.01 Å². The average molecular weight is 437 g/mol. The van der Waals surface area contributed by atoms with Gasteiger partial charge in [-0.15, -0.1) is 0 Å². The van der Waals surface area contributed by atoms with Crippen LogP contribution in [0.3, 0.4) is 0 Å². The second-order valence-corrected chi connectivity index (χ2v) is 8.66. The lowest BCUT2D eigenvalue weighted by Crippen LogP contribution is -2.35. The third-order valence-electron chi connectivity index (χ3n) is 4.99. The van der Waals surface area contributed by atoms with Gasteiger partial charge in [0, 0.05) is 13.1 Å². The highest BCUT2D eigenvalue weighted by Gasteiger charge is 2.25. The highest BCUT2D eigenvalue weighted by atomic mass is 16.6. The predicted molar refractivity (Wildman–Crippen MR) is 122 cm³/mol. The maximum Gasteiger partial charge on any atom is 0.410 e. The van der Waals surface area contributed by atoms with Gasteiger partial charge in [0.15, 0.2) is 17.0 Å². The van der Waals surface area contributed by atoms with E-state index >= 15 is 0 Å². The molecule has 4 rings (SSSR count). The molecular formula is C23H28N6O3. The first-order valence-electron chi connectivity index (χ1n) is 10.6.